The van der Waals surface area contributed by atoms with Gasteiger partial charge in [-0.3, -0.25) is 29.1 Å². The fraction of sp³-hybridized carbons (Fsp3) is 0.455. The largest absolute Gasteiger partial charge is 0.481 e. The first-order chi connectivity index (χ1) is 16.7. The molecule has 1 aromatic carbocycles. The number of nitrogens with one attached hydrogen (secondary N) is 3. The van der Waals surface area contributed by atoms with Crippen LogP contribution in [-0.2, 0) is 25.6 Å². The number of guanidine groups is 1. The SMILES string of the molecule is NC(N)=NCCC[C@@H]1NC(=O)N(CC(=O)N[C@@H](CC(=O)O)C(=O)NCCCc2ccccc2)C1=O. The molecule has 0 bridgehead atoms. The average Bonchev–Trinajstić information content (AvgIpc) is 3.06. The van der Waals surface area contributed by atoms with Crippen molar-refractivity contribution in [3.63, 3.8) is 0 Å². The molecule has 190 valence electrons. The van der Waals surface area contributed by atoms with Crippen LogP contribution in [0.3, 0.4) is 0 Å². The third-order valence-corrected chi connectivity index (χ3v) is 5.17. The fourth-order valence-corrected chi connectivity index (χ4v) is 3.47. The third-order valence-electron chi connectivity index (χ3n) is 5.17. The van der Waals surface area contributed by atoms with Crippen molar-refractivity contribution in [2.24, 2.45) is 16.5 Å². The minimum Gasteiger partial charge on any atom is -0.481 e. The molecular weight excluding hydrogens is 458 g/mol. The van der Waals surface area contributed by atoms with Gasteiger partial charge in [0.1, 0.15) is 18.6 Å². The van der Waals surface area contributed by atoms with Gasteiger partial charge in [-0.2, -0.15) is 0 Å². The zero-order valence-electron chi connectivity index (χ0n) is 19.2. The highest BCUT2D eigenvalue weighted by molar-refractivity contribution is 6.06. The molecule has 13 nitrogen and oxygen atoms in total. The molecule has 1 aliphatic heterocycles. The van der Waals surface area contributed by atoms with Crippen molar-refractivity contribution < 1.29 is 29.1 Å². The maximum absolute atomic E-state index is 12.5. The summed E-state index contributed by atoms with van der Waals surface area (Å²) in [6.45, 7) is -0.0828. The lowest BCUT2D eigenvalue weighted by molar-refractivity contribution is -0.141. The third kappa shape index (κ3) is 9.31. The van der Waals surface area contributed by atoms with Gasteiger partial charge in [-0.25, -0.2) is 4.79 Å². The molecule has 8 N–H and O–H groups in total. The number of amides is 5. The highest BCUT2D eigenvalue weighted by atomic mass is 16.4. The predicted octanol–water partition coefficient (Wildman–Crippen LogP) is -1.33. The predicted molar refractivity (Wildman–Crippen MR) is 126 cm³/mol. The molecule has 0 aromatic heterocycles. The Kier molecular flexibility index (Phi) is 10.5. The lowest BCUT2D eigenvalue weighted by Gasteiger charge is -2.19. The van der Waals surface area contributed by atoms with E-state index >= 15 is 0 Å². The van der Waals surface area contributed by atoms with Crippen LogP contribution in [0.1, 0.15) is 31.2 Å². The van der Waals surface area contributed by atoms with Crippen LogP contribution in [0.2, 0.25) is 0 Å². The highest BCUT2D eigenvalue weighted by Gasteiger charge is 2.39. The lowest BCUT2D eigenvalue weighted by atomic mass is 10.1. The van der Waals surface area contributed by atoms with Gasteiger partial charge in [0, 0.05) is 13.1 Å². The Morgan fingerprint density at radius 1 is 1.14 bits per heavy atom. The van der Waals surface area contributed by atoms with Crippen molar-refractivity contribution in [2.75, 3.05) is 19.6 Å². The first-order valence-electron chi connectivity index (χ1n) is 11.2. The number of aryl methyl sites for hydroxylation is 1. The van der Waals surface area contributed by atoms with E-state index in [-0.39, 0.29) is 25.5 Å². The summed E-state index contributed by atoms with van der Waals surface area (Å²) < 4.78 is 0. The monoisotopic (exact) mass is 489 g/mol. The minimum absolute atomic E-state index is 0.0822. The second kappa shape index (κ2) is 13.5. The van der Waals surface area contributed by atoms with Crippen molar-refractivity contribution >= 4 is 35.7 Å². The second-order valence-corrected chi connectivity index (χ2v) is 7.97. The molecule has 2 atom stereocenters. The molecule has 0 unspecified atom stereocenters. The van der Waals surface area contributed by atoms with Crippen LogP contribution in [0.5, 0.6) is 0 Å². The number of hydrogen-bond donors (Lipinski definition) is 6. The van der Waals surface area contributed by atoms with E-state index in [1.807, 2.05) is 30.3 Å². The molecule has 0 saturated carbocycles. The van der Waals surface area contributed by atoms with Crippen LogP contribution in [-0.4, -0.2) is 77.4 Å². The van der Waals surface area contributed by atoms with Gasteiger partial charge in [0.25, 0.3) is 5.91 Å². The fourth-order valence-electron chi connectivity index (χ4n) is 3.47. The number of carboxylic acids is 1. The quantitative estimate of drug-likeness (QED) is 0.0796. The maximum atomic E-state index is 12.5. The van der Waals surface area contributed by atoms with E-state index in [1.54, 1.807) is 0 Å². The number of hydrogen-bond acceptors (Lipinski definition) is 6. The summed E-state index contributed by atoms with van der Waals surface area (Å²) in [5.74, 6) is -3.47. The van der Waals surface area contributed by atoms with Gasteiger partial charge < -0.3 is 32.5 Å². The van der Waals surface area contributed by atoms with E-state index in [1.165, 1.54) is 0 Å². The van der Waals surface area contributed by atoms with E-state index in [2.05, 4.69) is 20.9 Å². The van der Waals surface area contributed by atoms with Crippen LogP contribution >= 0.6 is 0 Å². The van der Waals surface area contributed by atoms with Crippen LogP contribution in [0, 0.1) is 0 Å². The summed E-state index contributed by atoms with van der Waals surface area (Å²) in [5.41, 5.74) is 11.6. The number of urea groups is 1. The number of carbonyl (C=O) groups is 5. The second-order valence-electron chi connectivity index (χ2n) is 7.97. The van der Waals surface area contributed by atoms with Crippen LogP contribution < -0.4 is 27.4 Å². The van der Waals surface area contributed by atoms with E-state index in [9.17, 15) is 24.0 Å². The Bertz CT molecular complexity index is 949. The number of imide groups is 1. The van der Waals surface area contributed by atoms with Gasteiger partial charge in [0.2, 0.25) is 11.8 Å². The van der Waals surface area contributed by atoms with Gasteiger partial charge in [-0.1, -0.05) is 30.3 Å². The number of carboxylic acid groups (broad SMARTS) is 1. The smallest absolute Gasteiger partial charge is 0.325 e. The van der Waals surface area contributed by atoms with E-state index in [0.29, 0.717) is 12.8 Å². The summed E-state index contributed by atoms with van der Waals surface area (Å²) in [5, 5.41) is 16.5. The first kappa shape index (κ1) is 27.1. The van der Waals surface area contributed by atoms with Gasteiger partial charge in [-0.15, -0.1) is 0 Å². The van der Waals surface area contributed by atoms with Gasteiger partial charge >= 0.3 is 12.0 Å². The van der Waals surface area contributed by atoms with E-state index in [4.69, 9.17) is 16.6 Å². The number of aliphatic carboxylic acids is 1. The molecule has 35 heavy (non-hydrogen) atoms. The zero-order chi connectivity index (χ0) is 25.8. The van der Waals surface area contributed by atoms with Crippen molar-refractivity contribution in [3.05, 3.63) is 35.9 Å². The van der Waals surface area contributed by atoms with Gasteiger partial charge in [0.05, 0.1) is 6.42 Å². The molecule has 0 radical (unpaired) electrons. The molecule has 1 heterocycles. The summed E-state index contributed by atoms with van der Waals surface area (Å²) >= 11 is 0. The number of carbonyl (C=O) groups excluding carboxylic acids is 4. The molecular formula is C22H31N7O6. The lowest BCUT2D eigenvalue weighted by Crippen LogP contribution is -2.51. The van der Waals surface area contributed by atoms with Crippen molar-refractivity contribution in [3.8, 4) is 0 Å². The van der Waals surface area contributed by atoms with Crippen LogP contribution in [0.15, 0.2) is 35.3 Å². The maximum Gasteiger partial charge on any atom is 0.325 e. The number of nitrogens with zero attached hydrogens (tertiary/aromatic N) is 2. The van der Waals surface area contributed by atoms with E-state index < -0.39 is 54.8 Å². The molecule has 1 aromatic rings. The molecule has 1 aliphatic rings. The molecule has 5 amide bonds. The Labute approximate surface area is 202 Å². The molecule has 1 fully saturated rings. The Morgan fingerprint density at radius 2 is 1.86 bits per heavy atom. The average molecular weight is 490 g/mol. The Morgan fingerprint density at radius 3 is 2.51 bits per heavy atom. The normalized spacial score (nSPS) is 15.8. The van der Waals surface area contributed by atoms with E-state index in [0.717, 1.165) is 16.9 Å². The van der Waals surface area contributed by atoms with Gasteiger partial charge in [-0.05, 0) is 31.2 Å². The van der Waals surface area contributed by atoms with Crippen molar-refractivity contribution in [1.29, 1.82) is 0 Å². The zero-order valence-corrected chi connectivity index (χ0v) is 19.2. The van der Waals surface area contributed by atoms with Crippen molar-refractivity contribution in [1.82, 2.24) is 20.9 Å². The van der Waals surface area contributed by atoms with Crippen LogP contribution in [0.4, 0.5) is 4.79 Å². The van der Waals surface area contributed by atoms with Crippen LogP contribution in [0.25, 0.3) is 0 Å². The molecule has 0 aliphatic carbocycles. The van der Waals surface area contributed by atoms with Crippen molar-refractivity contribution in [2.45, 2.75) is 44.2 Å². The Hall–Kier alpha value is -4.16. The molecule has 13 heteroatoms. The highest BCUT2D eigenvalue weighted by Crippen LogP contribution is 2.11. The molecule has 1 saturated heterocycles. The number of aliphatic imine (C=N–C) groups is 1. The number of rotatable bonds is 14. The summed E-state index contributed by atoms with van der Waals surface area (Å²) in [6, 6.07) is 6.70. The summed E-state index contributed by atoms with van der Waals surface area (Å²) in [6.07, 6.45) is 1.39. The number of benzene rings is 1. The topological polar surface area (TPSA) is 209 Å². The number of nitrogens with two attached hydrogens (primary N) is 2. The molecule has 0 spiro atoms. The Balaban J connectivity index is 1.84. The first-order valence-corrected chi connectivity index (χ1v) is 11.2. The molecule has 2 rings (SSSR count). The minimum atomic E-state index is -1.35. The standard InChI is InChI=1S/C22H31N7O6/c23-21(24)26-11-5-9-15-20(34)29(22(35)28-15)13-17(30)27-16(12-18(31)32)19(33)25-10-4-8-14-6-2-1-3-7-14/h1-3,6-7,15-16H,4-5,8-13H2,(H,25,33)(H,27,30)(H,28,35)(H,31,32)(H4,23,24,26)/t15-,16-/m0/s1. The summed E-state index contributed by atoms with van der Waals surface area (Å²) in [7, 11) is 0. The van der Waals surface area contributed by atoms with Gasteiger partial charge in [0.15, 0.2) is 5.96 Å². The summed E-state index contributed by atoms with van der Waals surface area (Å²) in [4.78, 5) is 65.2.